The molecule has 0 saturated carbocycles. The molecular formula is C20H20BrN3OS. The van der Waals surface area contributed by atoms with Gasteiger partial charge in [-0.25, -0.2) is 4.98 Å². The van der Waals surface area contributed by atoms with Gasteiger partial charge < -0.3 is 10.2 Å². The van der Waals surface area contributed by atoms with Crippen LogP contribution in [0.3, 0.4) is 0 Å². The summed E-state index contributed by atoms with van der Waals surface area (Å²) < 4.78 is 2.08. The van der Waals surface area contributed by atoms with Gasteiger partial charge in [-0.2, -0.15) is 0 Å². The van der Waals surface area contributed by atoms with Gasteiger partial charge in [0, 0.05) is 24.1 Å². The Balaban J connectivity index is 1.31. The van der Waals surface area contributed by atoms with E-state index in [0.29, 0.717) is 11.5 Å². The maximum atomic E-state index is 12.3. The number of para-hydroxylation sites is 1. The number of fused-ring (bicyclic) bond motifs is 1. The van der Waals surface area contributed by atoms with Crippen molar-refractivity contribution in [3.8, 4) is 0 Å². The summed E-state index contributed by atoms with van der Waals surface area (Å²) in [4.78, 5) is 19.5. The molecule has 4 rings (SSSR count). The largest absolute Gasteiger partial charge is 0.352 e. The number of anilines is 1. The zero-order valence-corrected chi connectivity index (χ0v) is 16.7. The summed E-state index contributed by atoms with van der Waals surface area (Å²) in [6, 6.07) is 15.8. The van der Waals surface area contributed by atoms with Crippen LogP contribution in [0.2, 0.25) is 0 Å². The van der Waals surface area contributed by atoms with Gasteiger partial charge in [0.2, 0.25) is 0 Å². The molecule has 1 amide bonds. The number of carbonyl (C=O) groups excluding carboxylic acids is 1. The third-order valence-corrected chi connectivity index (χ3v) is 6.63. The standard InChI is InChI=1S/C20H20BrN3OS/c21-16-6-2-1-5-15(16)19(25)22-13-14-9-11-24(12-10-14)20-23-17-7-3-4-8-18(17)26-20/h1-8,14H,9-13H2,(H,22,25). The summed E-state index contributed by atoms with van der Waals surface area (Å²) in [5.74, 6) is 0.512. The number of nitrogens with zero attached hydrogens (tertiary/aromatic N) is 2. The minimum Gasteiger partial charge on any atom is -0.352 e. The number of hydrogen-bond acceptors (Lipinski definition) is 4. The second-order valence-electron chi connectivity index (χ2n) is 6.58. The highest BCUT2D eigenvalue weighted by Crippen LogP contribution is 2.31. The third kappa shape index (κ3) is 3.76. The van der Waals surface area contributed by atoms with E-state index < -0.39 is 0 Å². The van der Waals surface area contributed by atoms with Crippen molar-refractivity contribution in [1.82, 2.24) is 10.3 Å². The molecular weight excluding hydrogens is 410 g/mol. The van der Waals surface area contributed by atoms with E-state index in [1.165, 1.54) is 4.70 Å². The van der Waals surface area contributed by atoms with E-state index in [0.717, 1.165) is 47.6 Å². The second kappa shape index (κ2) is 7.76. The fraction of sp³-hybridized carbons (Fsp3) is 0.300. The molecule has 4 nitrogen and oxygen atoms in total. The van der Waals surface area contributed by atoms with Gasteiger partial charge in [0.15, 0.2) is 5.13 Å². The number of piperidine rings is 1. The third-order valence-electron chi connectivity index (χ3n) is 4.84. The van der Waals surface area contributed by atoms with Crippen molar-refractivity contribution in [2.45, 2.75) is 12.8 Å². The Hall–Kier alpha value is -1.92. The van der Waals surface area contributed by atoms with Crippen LogP contribution < -0.4 is 10.2 Å². The highest BCUT2D eigenvalue weighted by molar-refractivity contribution is 9.10. The maximum Gasteiger partial charge on any atom is 0.252 e. The molecule has 134 valence electrons. The minimum atomic E-state index is -0.00826. The Labute approximate surface area is 165 Å². The number of halogens is 1. The second-order valence-corrected chi connectivity index (χ2v) is 8.45. The Kier molecular flexibility index (Phi) is 5.22. The lowest BCUT2D eigenvalue weighted by Gasteiger charge is -2.31. The first-order chi connectivity index (χ1) is 12.7. The molecule has 0 spiro atoms. The zero-order chi connectivity index (χ0) is 17.9. The average molecular weight is 430 g/mol. The minimum absolute atomic E-state index is 0.00826. The van der Waals surface area contributed by atoms with Crippen molar-refractivity contribution in [1.29, 1.82) is 0 Å². The highest BCUT2D eigenvalue weighted by atomic mass is 79.9. The van der Waals surface area contributed by atoms with Crippen molar-refractivity contribution >= 4 is 48.5 Å². The van der Waals surface area contributed by atoms with Crippen molar-refractivity contribution < 1.29 is 4.79 Å². The van der Waals surface area contributed by atoms with Crippen LogP contribution in [-0.2, 0) is 0 Å². The number of rotatable bonds is 4. The van der Waals surface area contributed by atoms with E-state index >= 15 is 0 Å². The van der Waals surface area contributed by atoms with Gasteiger partial charge in [0.25, 0.3) is 5.91 Å². The van der Waals surface area contributed by atoms with Crippen LogP contribution >= 0.6 is 27.3 Å². The van der Waals surface area contributed by atoms with Crippen LogP contribution in [0.1, 0.15) is 23.2 Å². The number of benzene rings is 2. The lowest BCUT2D eigenvalue weighted by Crippen LogP contribution is -2.38. The molecule has 1 aromatic heterocycles. The van der Waals surface area contributed by atoms with Crippen molar-refractivity contribution in [2.24, 2.45) is 5.92 Å². The molecule has 0 atom stereocenters. The molecule has 1 fully saturated rings. The predicted octanol–water partition coefficient (Wildman–Crippen LogP) is 4.71. The van der Waals surface area contributed by atoms with E-state index in [1.54, 1.807) is 11.3 Å². The van der Waals surface area contributed by atoms with Crippen molar-refractivity contribution in [2.75, 3.05) is 24.5 Å². The fourth-order valence-corrected chi connectivity index (χ4v) is 4.78. The van der Waals surface area contributed by atoms with Crippen LogP contribution in [0.25, 0.3) is 10.2 Å². The quantitative estimate of drug-likeness (QED) is 0.653. The summed E-state index contributed by atoms with van der Waals surface area (Å²) in [5.41, 5.74) is 1.77. The van der Waals surface area contributed by atoms with Gasteiger partial charge in [-0.15, -0.1) is 0 Å². The lowest BCUT2D eigenvalue weighted by molar-refractivity contribution is 0.0944. The molecule has 0 aliphatic carbocycles. The zero-order valence-electron chi connectivity index (χ0n) is 14.3. The van der Waals surface area contributed by atoms with Crippen LogP contribution in [0.5, 0.6) is 0 Å². The van der Waals surface area contributed by atoms with Crippen LogP contribution in [0.4, 0.5) is 5.13 Å². The highest BCUT2D eigenvalue weighted by Gasteiger charge is 2.22. The SMILES string of the molecule is O=C(NCC1CCN(c2nc3ccccc3s2)CC1)c1ccccc1Br. The molecule has 2 heterocycles. The molecule has 1 saturated heterocycles. The van der Waals surface area contributed by atoms with Gasteiger partial charge in [0.05, 0.1) is 15.8 Å². The number of nitrogens with one attached hydrogen (secondary N) is 1. The van der Waals surface area contributed by atoms with E-state index in [9.17, 15) is 4.79 Å². The first-order valence-electron chi connectivity index (χ1n) is 8.84. The van der Waals surface area contributed by atoms with Crippen LogP contribution in [0.15, 0.2) is 53.0 Å². The molecule has 26 heavy (non-hydrogen) atoms. The van der Waals surface area contributed by atoms with E-state index in [1.807, 2.05) is 30.3 Å². The summed E-state index contributed by atoms with van der Waals surface area (Å²) in [6.07, 6.45) is 2.15. The summed E-state index contributed by atoms with van der Waals surface area (Å²) in [6.45, 7) is 2.72. The van der Waals surface area contributed by atoms with Gasteiger partial charge in [-0.1, -0.05) is 35.6 Å². The molecule has 0 unspecified atom stereocenters. The summed E-state index contributed by atoms with van der Waals surface area (Å²) in [5, 5.41) is 4.20. The molecule has 0 radical (unpaired) electrons. The number of carbonyl (C=O) groups is 1. The monoisotopic (exact) mass is 429 g/mol. The van der Waals surface area contributed by atoms with Gasteiger partial charge >= 0.3 is 0 Å². The Morgan fingerprint density at radius 1 is 1.15 bits per heavy atom. The molecule has 1 aliphatic heterocycles. The topological polar surface area (TPSA) is 45.2 Å². The van der Waals surface area contributed by atoms with Crippen molar-refractivity contribution in [3.05, 3.63) is 58.6 Å². The summed E-state index contributed by atoms with van der Waals surface area (Å²) in [7, 11) is 0. The number of hydrogen-bond donors (Lipinski definition) is 1. The maximum absolute atomic E-state index is 12.3. The van der Waals surface area contributed by atoms with E-state index in [-0.39, 0.29) is 5.91 Å². The number of amides is 1. The molecule has 6 heteroatoms. The van der Waals surface area contributed by atoms with E-state index in [4.69, 9.17) is 4.98 Å². The van der Waals surface area contributed by atoms with Crippen molar-refractivity contribution in [3.63, 3.8) is 0 Å². The predicted molar refractivity (Wildman–Crippen MR) is 111 cm³/mol. The molecule has 1 aliphatic rings. The molecule has 3 aromatic rings. The Morgan fingerprint density at radius 2 is 1.88 bits per heavy atom. The summed E-state index contributed by atoms with van der Waals surface area (Å²) >= 11 is 5.20. The van der Waals surface area contributed by atoms with Crippen LogP contribution in [0, 0.1) is 5.92 Å². The smallest absolute Gasteiger partial charge is 0.252 e. The van der Waals surface area contributed by atoms with Gasteiger partial charge in [-0.3, -0.25) is 4.79 Å². The molecule has 0 bridgehead atoms. The Bertz CT molecular complexity index is 885. The van der Waals surface area contributed by atoms with Gasteiger partial charge in [0.1, 0.15) is 0 Å². The van der Waals surface area contributed by atoms with Gasteiger partial charge in [-0.05, 0) is 59.0 Å². The normalized spacial score (nSPS) is 15.3. The number of aromatic nitrogens is 1. The lowest BCUT2D eigenvalue weighted by atomic mass is 9.97. The first kappa shape index (κ1) is 17.5. The molecule has 1 N–H and O–H groups in total. The molecule has 2 aromatic carbocycles. The average Bonchev–Trinajstić information content (AvgIpc) is 3.11. The van der Waals surface area contributed by atoms with Crippen LogP contribution in [-0.4, -0.2) is 30.5 Å². The first-order valence-corrected chi connectivity index (χ1v) is 10.4. The van der Waals surface area contributed by atoms with E-state index in [2.05, 4.69) is 44.3 Å². The Morgan fingerprint density at radius 3 is 2.65 bits per heavy atom. The fourth-order valence-electron chi connectivity index (χ4n) is 3.30. The number of thiazole rings is 1.